The number of anilines is 2. The Bertz CT molecular complexity index is 875. The fourth-order valence-electron chi connectivity index (χ4n) is 1.98. The van der Waals surface area contributed by atoms with Gasteiger partial charge in [-0.25, -0.2) is 0 Å². The van der Waals surface area contributed by atoms with Crippen LogP contribution in [0.4, 0.5) is 23.5 Å². The van der Waals surface area contributed by atoms with E-state index in [1.54, 1.807) is 12.1 Å². The molecule has 3 aromatic rings. The summed E-state index contributed by atoms with van der Waals surface area (Å²) in [6.07, 6.45) is 0. The first-order valence-electron chi connectivity index (χ1n) is 6.17. The molecule has 1 heterocycles. The minimum atomic E-state index is -0.0696. The van der Waals surface area contributed by atoms with Crippen LogP contribution in [0, 0.1) is 0 Å². The Kier molecular flexibility index (Phi) is 3.14. The van der Waals surface area contributed by atoms with E-state index in [4.69, 9.17) is 11.5 Å². The van der Waals surface area contributed by atoms with Gasteiger partial charge in [-0.05, 0) is 18.2 Å². The van der Waals surface area contributed by atoms with E-state index in [-0.39, 0.29) is 29.3 Å². The average Bonchev–Trinajstić information content (AvgIpc) is 2.46. The largest absolute Gasteiger partial charge is 0.507 e. The summed E-state index contributed by atoms with van der Waals surface area (Å²) in [5.41, 5.74) is 11.2. The molecule has 0 fully saturated rings. The zero-order chi connectivity index (χ0) is 15.7. The second kappa shape index (κ2) is 5.13. The lowest BCUT2D eigenvalue weighted by Gasteiger charge is -2.05. The number of phenolic OH excluding ortho intramolecular Hbond substituents is 2. The lowest BCUT2D eigenvalue weighted by molar-refractivity contribution is 0.475. The van der Waals surface area contributed by atoms with Crippen LogP contribution in [-0.4, -0.2) is 25.2 Å². The van der Waals surface area contributed by atoms with Gasteiger partial charge in [-0.2, -0.15) is 15.0 Å². The van der Waals surface area contributed by atoms with E-state index >= 15 is 0 Å². The molecule has 0 aliphatic heterocycles. The molecule has 0 unspecified atom stereocenters. The number of aromatic hydroxyl groups is 2. The minimum absolute atomic E-state index is 0.0264. The third kappa shape index (κ3) is 2.42. The maximum Gasteiger partial charge on any atom is 0.275 e. The number of nitrogen functional groups attached to an aromatic ring is 2. The molecule has 2 aromatic carbocycles. The third-order valence-corrected chi connectivity index (χ3v) is 2.88. The summed E-state index contributed by atoms with van der Waals surface area (Å²) in [7, 11) is 0. The summed E-state index contributed by atoms with van der Waals surface area (Å²) in [5.74, 6) is -0.197. The Morgan fingerprint density at radius 2 is 1.55 bits per heavy atom. The molecule has 0 atom stereocenters. The number of benzene rings is 2. The smallest absolute Gasteiger partial charge is 0.275 e. The number of hydrogen-bond acceptors (Lipinski definition) is 9. The number of nitrogens with zero attached hydrogens (tertiary/aromatic N) is 5. The minimum Gasteiger partial charge on any atom is -0.507 e. The molecule has 9 nitrogen and oxygen atoms in total. The van der Waals surface area contributed by atoms with Crippen LogP contribution in [0.2, 0.25) is 0 Å². The first-order chi connectivity index (χ1) is 10.5. The van der Waals surface area contributed by atoms with Gasteiger partial charge in [-0.1, -0.05) is 12.1 Å². The summed E-state index contributed by atoms with van der Waals surface area (Å²) >= 11 is 0. The molecular weight excluding hydrogens is 286 g/mol. The van der Waals surface area contributed by atoms with Gasteiger partial charge in [0.1, 0.15) is 11.5 Å². The topological polar surface area (TPSA) is 156 Å². The van der Waals surface area contributed by atoms with Crippen LogP contribution in [0.25, 0.3) is 10.8 Å². The van der Waals surface area contributed by atoms with E-state index in [1.807, 2.05) is 0 Å². The Hall–Kier alpha value is -3.49. The van der Waals surface area contributed by atoms with Crippen LogP contribution in [0.3, 0.4) is 0 Å². The van der Waals surface area contributed by atoms with Gasteiger partial charge in [-0.3, -0.25) is 0 Å². The number of phenols is 2. The quantitative estimate of drug-likeness (QED) is 0.527. The number of rotatable bonds is 2. The van der Waals surface area contributed by atoms with Crippen molar-refractivity contribution in [3.8, 4) is 11.5 Å². The molecule has 0 amide bonds. The highest BCUT2D eigenvalue weighted by Crippen LogP contribution is 2.38. The normalized spacial score (nSPS) is 11.3. The Morgan fingerprint density at radius 3 is 2.27 bits per heavy atom. The third-order valence-electron chi connectivity index (χ3n) is 2.88. The summed E-state index contributed by atoms with van der Waals surface area (Å²) in [5, 5.41) is 28.4. The maximum atomic E-state index is 9.97. The zero-order valence-corrected chi connectivity index (χ0v) is 11.2. The van der Waals surface area contributed by atoms with Crippen LogP contribution in [0.1, 0.15) is 0 Å². The van der Waals surface area contributed by atoms with E-state index in [0.717, 1.165) is 0 Å². The molecule has 0 radical (unpaired) electrons. The van der Waals surface area contributed by atoms with Crippen molar-refractivity contribution in [2.45, 2.75) is 0 Å². The summed E-state index contributed by atoms with van der Waals surface area (Å²) in [6, 6.07) is 7.72. The number of aromatic nitrogens is 3. The number of nitrogens with two attached hydrogens (primary N) is 2. The van der Waals surface area contributed by atoms with Crippen LogP contribution < -0.4 is 11.5 Å². The average molecular weight is 297 g/mol. The van der Waals surface area contributed by atoms with E-state index in [1.165, 1.54) is 18.2 Å². The van der Waals surface area contributed by atoms with E-state index in [9.17, 15) is 10.2 Å². The predicted octanol–water partition coefficient (Wildman–Crippen LogP) is 2.02. The fraction of sp³-hybridized carbons (Fsp3) is 0. The lowest BCUT2D eigenvalue weighted by Crippen LogP contribution is -2.01. The van der Waals surface area contributed by atoms with E-state index in [2.05, 4.69) is 25.2 Å². The molecule has 3 rings (SSSR count). The van der Waals surface area contributed by atoms with Gasteiger partial charge in [0.25, 0.3) is 5.95 Å². The highest BCUT2D eigenvalue weighted by atomic mass is 16.3. The number of fused-ring (bicyclic) bond motifs is 1. The second-order valence-electron chi connectivity index (χ2n) is 4.36. The van der Waals surface area contributed by atoms with Gasteiger partial charge in [0.05, 0.1) is 11.1 Å². The highest BCUT2D eigenvalue weighted by Gasteiger charge is 2.09. The molecule has 0 spiro atoms. The van der Waals surface area contributed by atoms with E-state index in [0.29, 0.717) is 16.5 Å². The van der Waals surface area contributed by atoms with Gasteiger partial charge >= 0.3 is 0 Å². The van der Waals surface area contributed by atoms with Crippen LogP contribution >= 0.6 is 0 Å². The lowest BCUT2D eigenvalue weighted by atomic mass is 10.1. The number of hydrogen-bond donors (Lipinski definition) is 4. The molecule has 1 aromatic heterocycles. The zero-order valence-electron chi connectivity index (χ0n) is 11.2. The molecule has 22 heavy (non-hydrogen) atoms. The second-order valence-corrected chi connectivity index (χ2v) is 4.36. The molecule has 0 saturated heterocycles. The molecule has 110 valence electrons. The standard InChI is InChI=1S/C13H11N7O2/c14-11-16-12(15)18-13(17-11)20-19-7-4-5-8(21)6-2-1-3-9(22)10(6)7/h1-5,21-22H,(H4,14,15,16,17,18). The van der Waals surface area contributed by atoms with Gasteiger partial charge < -0.3 is 21.7 Å². The van der Waals surface area contributed by atoms with Gasteiger partial charge in [0.15, 0.2) is 0 Å². The van der Waals surface area contributed by atoms with Crippen molar-refractivity contribution in [1.82, 2.24) is 15.0 Å². The van der Waals surface area contributed by atoms with E-state index < -0.39 is 0 Å². The van der Waals surface area contributed by atoms with Crippen molar-refractivity contribution in [2.75, 3.05) is 11.5 Å². The van der Waals surface area contributed by atoms with Crippen molar-refractivity contribution in [2.24, 2.45) is 10.2 Å². The Morgan fingerprint density at radius 1 is 0.818 bits per heavy atom. The molecule has 0 saturated carbocycles. The molecular formula is C13H11N7O2. The first kappa shape index (κ1) is 13.5. The number of azo groups is 1. The van der Waals surface area contributed by atoms with Crippen molar-refractivity contribution in [1.29, 1.82) is 0 Å². The highest BCUT2D eigenvalue weighted by molar-refractivity contribution is 6.00. The van der Waals surface area contributed by atoms with Crippen molar-refractivity contribution < 1.29 is 10.2 Å². The molecule has 9 heteroatoms. The van der Waals surface area contributed by atoms with Gasteiger partial charge in [0, 0.05) is 5.39 Å². The van der Waals surface area contributed by atoms with Gasteiger partial charge in [-0.15, -0.1) is 10.2 Å². The SMILES string of the molecule is Nc1nc(N)nc(N=Nc2ccc(O)c3cccc(O)c23)n1. The Balaban J connectivity index is 2.11. The fourth-order valence-corrected chi connectivity index (χ4v) is 1.98. The Labute approximate surface area is 124 Å². The van der Waals surface area contributed by atoms with Crippen LogP contribution in [0.5, 0.6) is 11.5 Å². The van der Waals surface area contributed by atoms with Crippen molar-refractivity contribution in [3.63, 3.8) is 0 Å². The molecule has 6 N–H and O–H groups in total. The van der Waals surface area contributed by atoms with Crippen LogP contribution in [0.15, 0.2) is 40.6 Å². The molecule has 0 aliphatic rings. The maximum absolute atomic E-state index is 9.97. The van der Waals surface area contributed by atoms with Crippen molar-refractivity contribution in [3.05, 3.63) is 30.3 Å². The summed E-state index contributed by atoms with van der Waals surface area (Å²) < 4.78 is 0. The predicted molar refractivity (Wildman–Crippen MR) is 80.1 cm³/mol. The van der Waals surface area contributed by atoms with Crippen LogP contribution in [-0.2, 0) is 0 Å². The van der Waals surface area contributed by atoms with Gasteiger partial charge in [0.2, 0.25) is 11.9 Å². The van der Waals surface area contributed by atoms with Crippen molar-refractivity contribution >= 4 is 34.3 Å². The monoisotopic (exact) mass is 297 g/mol. The summed E-state index contributed by atoms with van der Waals surface area (Å²) in [4.78, 5) is 11.2. The molecule has 0 aliphatic carbocycles. The first-order valence-corrected chi connectivity index (χ1v) is 6.17. The molecule has 0 bridgehead atoms. The summed E-state index contributed by atoms with van der Waals surface area (Å²) in [6.45, 7) is 0.